The van der Waals surface area contributed by atoms with Gasteiger partial charge in [0.15, 0.2) is 9.84 Å². The van der Waals surface area contributed by atoms with E-state index in [0.29, 0.717) is 6.54 Å². The Hall–Kier alpha value is -1.11. The van der Waals surface area contributed by atoms with E-state index in [1.54, 1.807) is 6.92 Å². The van der Waals surface area contributed by atoms with Gasteiger partial charge < -0.3 is 10.0 Å². The summed E-state index contributed by atoms with van der Waals surface area (Å²) >= 11 is 0. The van der Waals surface area contributed by atoms with Crippen molar-refractivity contribution in [2.24, 2.45) is 0 Å². The largest absolute Gasteiger partial charge is 0.481 e. The Morgan fingerprint density at radius 2 is 1.82 bits per heavy atom. The molecule has 0 aliphatic rings. The molecule has 0 rings (SSSR count). The summed E-state index contributed by atoms with van der Waals surface area (Å²) in [4.78, 5) is 23.3. The highest BCUT2D eigenvalue weighted by atomic mass is 32.2. The van der Waals surface area contributed by atoms with Gasteiger partial charge in [0.1, 0.15) is 5.75 Å². The van der Waals surface area contributed by atoms with E-state index in [-0.39, 0.29) is 13.0 Å². The number of amides is 1. The van der Waals surface area contributed by atoms with Crippen molar-refractivity contribution in [2.75, 3.05) is 18.8 Å². The van der Waals surface area contributed by atoms with Crippen LogP contribution in [0.4, 0.5) is 0 Å². The molecule has 1 amide bonds. The normalized spacial score (nSPS) is 11.5. The van der Waals surface area contributed by atoms with Crippen LogP contribution in [0.1, 0.15) is 27.2 Å². The Labute approximate surface area is 102 Å². The second-order valence-corrected chi connectivity index (χ2v) is 6.53. The fourth-order valence-electron chi connectivity index (χ4n) is 1.12. The lowest BCUT2D eigenvalue weighted by Crippen LogP contribution is -2.38. The van der Waals surface area contributed by atoms with Crippen LogP contribution in [0.15, 0.2) is 0 Å². The fraction of sp³-hybridized carbons (Fsp3) is 0.800. The molecule has 17 heavy (non-hydrogen) atoms. The molecule has 0 saturated heterocycles. The molecule has 0 bridgehead atoms. The average Bonchev–Trinajstić information content (AvgIpc) is 2.16. The van der Waals surface area contributed by atoms with E-state index >= 15 is 0 Å². The molecule has 0 heterocycles. The van der Waals surface area contributed by atoms with Crippen LogP contribution in [0.5, 0.6) is 0 Å². The number of aliphatic carboxylic acids is 1. The van der Waals surface area contributed by atoms with E-state index in [2.05, 4.69) is 0 Å². The van der Waals surface area contributed by atoms with Gasteiger partial charge in [-0.1, -0.05) is 0 Å². The zero-order valence-electron chi connectivity index (χ0n) is 10.3. The predicted octanol–water partition coefficient (Wildman–Crippen LogP) is 0.133. The first-order valence-electron chi connectivity index (χ1n) is 5.41. The summed E-state index contributed by atoms with van der Waals surface area (Å²) in [7, 11) is -3.43. The molecule has 6 nitrogen and oxygen atoms in total. The SMILES string of the molecule is CCN(CCC(=O)O)C(=O)CS(=O)(=O)C(C)C. The first-order valence-corrected chi connectivity index (χ1v) is 7.13. The van der Waals surface area contributed by atoms with Crippen molar-refractivity contribution in [1.82, 2.24) is 4.90 Å². The Bertz CT molecular complexity index is 374. The van der Waals surface area contributed by atoms with Crippen molar-refractivity contribution in [2.45, 2.75) is 32.4 Å². The minimum Gasteiger partial charge on any atom is -0.481 e. The van der Waals surface area contributed by atoms with Gasteiger partial charge in [-0.3, -0.25) is 9.59 Å². The Balaban J connectivity index is 4.51. The molecule has 0 radical (unpaired) electrons. The van der Waals surface area contributed by atoms with E-state index < -0.39 is 32.7 Å². The van der Waals surface area contributed by atoms with E-state index in [1.807, 2.05) is 0 Å². The van der Waals surface area contributed by atoms with Crippen molar-refractivity contribution < 1.29 is 23.1 Å². The molecular formula is C10H19NO5S. The van der Waals surface area contributed by atoms with Gasteiger partial charge >= 0.3 is 5.97 Å². The second kappa shape index (κ2) is 6.58. The van der Waals surface area contributed by atoms with Gasteiger partial charge in [-0.15, -0.1) is 0 Å². The van der Waals surface area contributed by atoms with Crippen LogP contribution in [0.2, 0.25) is 0 Å². The zero-order valence-corrected chi connectivity index (χ0v) is 11.2. The molecular weight excluding hydrogens is 246 g/mol. The minimum absolute atomic E-state index is 0.0400. The number of hydrogen-bond acceptors (Lipinski definition) is 4. The van der Waals surface area contributed by atoms with Crippen molar-refractivity contribution in [3.63, 3.8) is 0 Å². The third-order valence-electron chi connectivity index (χ3n) is 2.37. The third kappa shape index (κ3) is 5.67. The molecule has 7 heteroatoms. The molecule has 0 aliphatic heterocycles. The van der Waals surface area contributed by atoms with Gasteiger partial charge in [0, 0.05) is 13.1 Å². The standard InChI is InChI=1S/C10H19NO5S/c1-4-11(6-5-10(13)14)9(12)7-17(15,16)8(2)3/h8H,4-7H2,1-3H3,(H,13,14). The Morgan fingerprint density at radius 1 is 1.29 bits per heavy atom. The van der Waals surface area contributed by atoms with Crippen LogP contribution in [0, 0.1) is 0 Å². The van der Waals surface area contributed by atoms with Crippen LogP contribution in [0.3, 0.4) is 0 Å². The number of carboxylic acids is 1. The molecule has 0 atom stereocenters. The first kappa shape index (κ1) is 15.9. The highest BCUT2D eigenvalue weighted by molar-refractivity contribution is 7.92. The summed E-state index contributed by atoms with van der Waals surface area (Å²) in [6.07, 6.45) is -0.179. The average molecular weight is 265 g/mol. The van der Waals surface area contributed by atoms with Gasteiger partial charge in [-0.25, -0.2) is 8.42 Å². The summed E-state index contributed by atoms with van der Waals surface area (Å²) in [6.45, 7) is 5.05. The highest BCUT2D eigenvalue weighted by Crippen LogP contribution is 2.03. The topological polar surface area (TPSA) is 91.8 Å². The Kier molecular flexibility index (Phi) is 6.15. The predicted molar refractivity (Wildman–Crippen MR) is 63.4 cm³/mol. The molecule has 100 valence electrons. The van der Waals surface area contributed by atoms with Crippen LogP contribution in [-0.2, 0) is 19.4 Å². The number of rotatable bonds is 7. The van der Waals surface area contributed by atoms with E-state index in [9.17, 15) is 18.0 Å². The highest BCUT2D eigenvalue weighted by Gasteiger charge is 2.23. The lowest BCUT2D eigenvalue weighted by molar-refractivity contribution is -0.138. The van der Waals surface area contributed by atoms with Crippen LogP contribution >= 0.6 is 0 Å². The summed E-state index contributed by atoms with van der Waals surface area (Å²) < 4.78 is 23.1. The summed E-state index contributed by atoms with van der Waals surface area (Å²) in [5.41, 5.74) is 0. The quantitative estimate of drug-likeness (QED) is 0.706. The summed E-state index contributed by atoms with van der Waals surface area (Å²) in [5.74, 6) is -2.11. The number of carbonyl (C=O) groups excluding carboxylic acids is 1. The van der Waals surface area contributed by atoms with Crippen LogP contribution < -0.4 is 0 Å². The molecule has 0 aliphatic carbocycles. The van der Waals surface area contributed by atoms with Gasteiger partial charge in [0.25, 0.3) is 0 Å². The summed E-state index contributed by atoms with van der Waals surface area (Å²) in [6, 6.07) is 0. The van der Waals surface area contributed by atoms with Crippen molar-refractivity contribution in [3.8, 4) is 0 Å². The number of carbonyl (C=O) groups is 2. The maximum atomic E-state index is 11.7. The van der Waals surface area contributed by atoms with E-state index in [4.69, 9.17) is 5.11 Å². The summed E-state index contributed by atoms with van der Waals surface area (Å²) in [5, 5.41) is 7.90. The van der Waals surface area contributed by atoms with Crippen molar-refractivity contribution >= 4 is 21.7 Å². The molecule has 0 saturated carbocycles. The maximum Gasteiger partial charge on any atom is 0.305 e. The first-order chi connectivity index (χ1) is 7.70. The van der Waals surface area contributed by atoms with E-state index in [1.165, 1.54) is 18.7 Å². The lowest BCUT2D eigenvalue weighted by atomic mass is 10.4. The van der Waals surface area contributed by atoms with Crippen molar-refractivity contribution in [3.05, 3.63) is 0 Å². The second-order valence-electron chi connectivity index (χ2n) is 3.97. The monoisotopic (exact) mass is 265 g/mol. The van der Waals surface area contributed by atoms with Crippen LogP contribution in [-0.4, -0.2) is 54.4 Å². The molecule has 0 aromatic carbocycles. The molecule has 0 aromatic heterocycles. The molecule has 1 N–H and O–H groups in total. The maximum absolute atomic E-state index is 11.7. The third-order valence-corrected chi connectivity index (χ3v) is 4.46. The number of sulfone groups is 1. The fourth-order valence-corrected chi connectivity index (χ4v) is 1.98. The number of nitrogens with zero attached hydrogens (tertiary/aromatic N) is 1. The molecule has 0 aromatic rings. The minimum atomic E-state index is -3.43. The molecule has 0 fully saturated rings. The van der Waals surface area contributed by atoms with Gasteiger partial charge in [0.05, 0.1) is 11.7 Å². The lowest BCUT2D eigenvalue weighted by Gasteiger charge is -2.20. The zero-order chi connectivity index (χ0) is 13.6. The van der Waals surface area contributed by atoms with Crippen molar-refractivity contribution in [1.29, 1.82) is 0 Å². The molecule has 0 spiro atoms. The van der Waals surface area contributed by atoms with Gasteiger partial charge in [-0.2, -0.15) is 0 Å². The van der Waals surface area contributed by atoms with Gasteiger partial charge in [-0.05, 0) is 20.8 Å². The number of hydrogen-bond donors (Lipinski definition) is 1. The van der Waals surface area contributed by atoms with E-state index in [0.717, 1.165) is 0 Å². The smallest absolute Gasteiger partial charge is 0.305 e. The Morgan fingerprint density at radius 3 is 2.18 bits per heavy atom. The molecule has 0 unspecified atom stereocenters. The number of carboxylic acid groups (broad SMARTS) is 1. The van der Waals surface area contributed by atoms with Gasteiger partial charge in [0.2, 0.25) is 5.91 Å². The van der Waals surface area contributed by atoms with Crippen LogP contribution in [0.25, 0.3) is 0 Å².